The average Bonchev–Trinajstić information content (AvgIpc) is 2.81. The third-order valence-electron chi connectivity index (χ3n) is 4.00. The van der Waals surface area contributed by atoms with E-state index in [1.54, 1.807) is 0 Å². The Kier molecular flexibility index (Phi) is 3.75. The zero-order valence-corrected chi connectivity index (χ0v) is 12.3. The van der Waals surface area contributed by atoms with Crippen molar-refractivity contribution >= 4 is 11.4 Å². The molecule has 0 saturated carbocycles. The highest BCUT2D eigenvalue weighted by Gasteiger charge is 2.26. The molecule has 1 aliphatic heterocycles. The van der Waals surface area contributed by atoms with Crippen molar-refractivity contribution in [2.45, 2.75) is 32.9 Å². The van der Waals surface area contributed by atoms with Crippen LogP contribution in [0.2, 0.25) is 0 Å². The summed E-state index contributed by atoms with van der Waals surface area (Å²) in [4.78, 5) is 2.45. The Morgan fingerprint density at radius 1 is 1.10 bits per heavy atom. The number of anilines is 2. The summed E-state index contributed by atoms with van der Waals surface area (Å²) in [7, 11) is 0. The summed E-state index contributed by atoms with van der Waals surface area (Å²) in [5.74, 6) is 0. The number of para-hydroxylation sites is 1. The lowest BCUT2D eigenvalue weighted by Gasteiger charge is -2.25. The second-order valence-corrected chi connectivity index (χ2v) is 5.50. The van der Waals surface area contributed by atoms with Crippen LogP contribution in [0.1, 0.15) is 25.0 Å². The fraction of sp³-hybridized carbons (Fsp3) is 0.333. The van der Waals surface area contributed by atoms with E-state index in [4.69, 9.17) is 0 Å². The van der Waals surface area contributed by atoms with Crippen molar-refractivity contribution < 1.29 is 0 Å². The maximum atomic E-state index is 3.36. The van der Waals surface area contributed by atoms with E-state index in [2.05, 4.69) is 72.6 Å². The number of hydrogen-bond donors (Lipinski definition) is 1. The summed E-state index contributed by atoms with van der Waals surface area (Å²) in [5.41, 5.74) is 5.45. The van der Waals surface area contributed by atoms with E-state index in [1.165, 1.54) is 22.5 Å². The molecule has 1 unspecified atom stereocenters. The van der Waals surface area contributed by atoms with Gasteiger partial charge in [-0.1, -0.05) is 37.3 Å². The van der Waals surface area contributed by atoms with Crippen molar-refractivity contribution in [2.75, 3.05) is 11.4 Å². The molecule has 0 saturated heterocycles. The minimum Gasteiger partial charge on any atom is -0.338 e. The second-order valence-electron chi connectivity index (χ2n) is 5.50. The van der Waals surface area contributed by atoms with Crippen molar-refractivity contribution in [3.05, 3.63) is 59.7 Å². The molecule has 1 aliphatic rings. The van der Waals surface area contributed by atoms with Crippen molar-refractivity contribution in [1.29, 1.82) is 0 Å². The zero-order chi connectivity index (χ0) is 13.9. The van der Waals surface area contributed by atoms with E-state index >= 15 is 0 Å². The van der Waals surface area contributed by atoms with Crippen LogP contribution in [-0.2, 0) is 13.0 Å². The Labute approximate surface area is 121 Å². The standard InChI is InChI=1S/C18H22N2/c1-3-19-13-15-8-10-17(11-9-15)20-14(2)12-16-6-4-5-7-18(16)20/h4-11,14,19H,3,12-13H2,1-2H3. The molecule has 0 aliphatic carbocycles. The van der Waals surface area contributed by atoms with Gasteiger partial charge in [0.15, 0.2) is 0 Å². The first-order chi connectivity index (χ1) is 9.79. The molecule has 0 aromatic heterocycles. The molecule has 0 spiro atoms. The Bertz CT molecular complexity index is 574. The summed E-state index contributed by atoms with van der Waals surface area (Å²) < 4.78 is 0. The maximum absolute atomic E-state index is 3.36. The predicted octanol–water partition coefficient (Wildman–Crippen LogP) is 3.88. The van der Waals surface area contributed by atoms with Gasteiger partial charge in [-0.05, 0) is 49.2 Å². The van der Waals surface area contributed by atoms with Gasteiger partial charge in [-0.3, -0.25) is 0 Å². The normalized spacial score (nSPS) is 17.3. The van der Waals surface area contributed by atoms with Gasteiger partial charge in [0.05, 0.1) is 0 Å². The molecular weight excluding hydrogens is 244 g/mol. The van der Waals surface area contributed by atoms with Gasteiger partial charge in [-0.25, -0.2) is 0 Å². The first-order valence-corrected chi connectivity index (χ1v) is 7.46. The number of benzene rings is 2. The highest BCUT2D eigenvalue weighted by molar-refractivity contribution is 5.71. The highest BCUT2D eigenvalue weighted by atomic mass is 15.2. The topological polar surface area (TPSA) is 15.3 Å². The fourth-order valence-corrected chi connectivity index (χ4v) is 3.00. The number of rotatable bonds is 4. The molecule has 0 bridgehead atoms. The van der Waals surface area contributed by atoms with Crippen LogP contribution < -0.4 is 10.2 Å². The number of nitrogens with one attached hydrogen (secondary N) is 1. The molecule has 1 heterocycles. The lowest BCUT2D eigenvalue weighted by atomic mass is 10.1. The van der Waals surface area contributed by atoms with Crippen molar-refractivity contribution in [3.63, 3.8) is 0 Å². The van der Waals surface area contributed by atoms with Crippen LogP contribution in [0, 0.1) is 0 Å². The molecule has 3 rings (SSSR count). The van der Waals surface area contributed by atoms with E-state index in [1.807, 2.05) is 0 Å². The van der Waals surface area contributed by atoms with Crippen molar-refractivity contribution in [1.82, 2.24) is 5.32 Å². The Morgan fingerprint density at radius 2 is 1.85 bits per heavy atom. The molecular formula is C18H22N2. The first-order valence-electron chi connectivity index (χ1n) is 7.46. The number of nitrogens with zero attached hydrogens (tertiary/aromatic N) is 1. The number of hydrogen-bond acceptors (Lipinski definition) is 2. The van der Waals surface area contributed by atoms with E-state index in [-0.39, 0.29) is 0 Å². The third-order valence-corrected chi connectivity index (χ3v) is 4.00. The van der Waals surface area contributed by atoms with Crippen LogP contribution in [0.4, 0.5) is 11.4 Å². The largest absolute Gasteiger partial charge is 0.338 e. The molecule has 0 amide bonds. The predicted molar refractivity (Wildman–Crippen MR) is 85.6 cm³/mol. The summed E-state index contributed by atoms with van der Waals surface area (Å²) in [6, 6.07) is 18.2. The molecule has 2 aromatic carbocycles. The molecule has 2 nitrogen and oxygen atoms in total. The van der Waals surface area contributed by atoms with Gasteiger partial charge in [-0.2, -0.15) is 0 Å². The van der Waals surface area contributed by atoms with E-state index in [0.717, 1.165) is 19.5 Å². The molecule has 2 heteroatoms. The molecule has 0 radical (unpaired) electrons. The Hall–Kier alpha value is -1.80. The van der Waals surface area contributed by atoms with Gasteiger partial charge in [0.2, 0.25) is 0 Å². The van der Waals surface area contributed by atoms with Crippen molar-refractivity contribution in [2.24, 2.45) is 0 Å². The van der Waals surface area contributed by atoms with E-state index in [0.29, 0.717) is 6.04 Å². The summed E-state index contributed by atoms with van der Waals surface area (Å²) in [6.45, 7) is 6.39. The minimum absolute atomic E-state index is 0.534. The lowest BCUT2D eigenvalue weighted by Crippen LogP contribution is -2.23. The first kappa shape index (κ1) is 13.2. The third kappa shape index (κ3) is 2.44. The van der Waals surface area contributed by atoms with Crippen LogP contribution in [-0.4, -0.2) is 12.6 Å². The second kappa shape index (κ2) is 5.68. The van der Waals surface area contributed by atoms with Crippen LogP contribution in [0.15, 0.2) is 48.5 Å². The van der Waals surface area contributed by atoms with Crippen LogP contribution in [0.25, 0.3) is 0 Å². The smallest absolute Gasteiger partial charge is 0.0446 e. The lowest BCUT2D eigenvalue weighted by molar-refractivity contribution is 0.726. The van der Waals surface area contributed by atoms with E-state index < -0.39 is 0 Å². The van der Waals surface area contributed by atoms with Gasteiger partial charge in [0.1, 0.15) is 0 Å². The minimum atomic E-state index is 0.534. The SMILES string of the molecule is CCNCc1ccc(N2c3ccccc3CC2C)cc1. The van der Waals surface area contributed by atoms with Gasteiger partial charge in [-0.15, -0.1) is 0 Å². The molecule has 2 aromatic rings. The molecule has 0 fully saturated rings. The maximum Gasteiger partial charge on any atom is 0.0446 e. The van der Waals surface area contributed by atoms with Crippen LogP contribution in [0.3, 0.4) is 0 Å². The van der Waals surface area contributed by atoms with Crippen LogP contribution in [0.5, 0.6) is 0 Å². The summed E-state index contributed by atoms with van der Waals surface area (Å²) >= 11 is 0. The zero-order valence-electron chi connectivity index (χ0n) is 12.3. The molecule has 1 atom stereocenters. The van der Waals surface area contributed by atoms with Gasteiger partial charge < -0.3 is 10.2 Å². The average molecular weight is 266 g/mol. The van der Waals surface area contributed by atoms with Crippen LogP contribution >= 0.6 is 0 Å². The molecule has 20 heavy (non-hydrogen) atoms. The number of fused-ring (bicyclic) bond motifs is 1. The Balaban J connectivity index is 1.86. The molecule has 1 N–H and O–H groups in total. The Morgan fingerprint density at radius 3 is 2.60 bits per heavy atom. The monoisotopic (exact) mass is 266 g/mol. The van der Waals surface area contributed by atoms with Crippen molar-refractivity contribution in [3.8, 4) is 0 Å². The van der Waals surface area contributed by atoms with Gasteiger partial charge >= 0.3 is 0 Å². The van der Waals surface area contributed by atoms with Gasteiger partial charge in [0, 0.05) is 24.0 Å². The van der Waals surface area contributed by atoms with E-state index in [9.17, 15) is 0 Å². The summed E-state index contributed by atoms with van der Waals surface area (Å²) in [5, 5.41) is 3.36. The fourth-order valence-electron chi connectivity index (χ4n) is 3.00. The highest BCUT2D eigenvalue weighted by Crippen LogP contribution is 2.37. The molecule has 104 valence electrons. The van der Waals surface area contributed by atoms with Gasteiger partial charge in [0.25, 0.3) is 0 Å². The quantitative estimate of drug-likeness (QED) is 0.903. The summed E-state index contributed by atoms with van der Waals surface area (Å²) in [6.07, 6.45) is 1.13.